The van der Waals surface area contributed by atoms with Crippen LogP contribution in [-0.4, -0.2) is 35.9 Å². The van der Waals surface area contributed by atoms with Crippen LogP contribution in [0.25, 0.3) is 17.0 Å². The molecule has 0 unspecified atom stereocenters. The van der Waals surface area contributed by atoms with E-state index in [-0.39, 0.29) is 6.61 Å². The standard InChI is InChI=1S/C20H19N3O4/c1-26-19(24)15-9-10-16-17(22-23-18(16)12-15)8-5-11-21-20(25)27-13-14-6-3-2-4-7-14/h2-10,12H,11,13H2,1H3,(H,21,25)(H,22,23). The minimum atomic E-state index is -0.488. The number of ether oxygens (including phenoxy) is 2. The van der Waals surface area contributed by atoms with Crippen LogP contribution in [0, 0.1) is 0 Å². The molecule has 1 heterocycles. The number of rotatable bonds is 6. The fourth-order valence-electron chi connectivity index (χ4n) is 2.50. The number of carbonyl (C=O) groups excluding carboxylic acids is 2. The summed E-state index contributed by atoms with van der Waals surface area (Å²) < 4.78 is 9.83. The molecular weight excluding hydrogens is 346 g/mol. The van der Waals surface area contributed by atoms with Crippen molar-refractivity contribution < 1.29 is 19.1 Å². The summed E-state index contributed by atoms with van der Waals surface area (Å²) in [7, 11) is 1.34. The lowest BCUT2D eigenvalue weighted by Crippen LogP contribution is -2.24. The number of benzene rings is 2. The highest BCUT2D eigenvalue weighted by Crippen LogP contribution is 2.19. The molecule has 1 amide bonds. The fourth-order valence-corrected chi connectivity index (χ4v) is 2.50. The van der Waals surface area contributed by atoms with Crippen LogP contribution in [0.1, 0.15) is 21.6 Å². The van der Waals surface area contributed by atoms with Crippen LogP contribution < -0.4 is 5.32 Å². The van der Waals surface area contributed by atoms with E-state index in [1.54, 1.807) is 30.4 Å². The maximum absolute atomic E-state index is 11.7. The minimum Gasteiger partial charge on any atom is -0.465 e. The summed E-state index contributed by atoms with van der Waals surface area (Å²) in [5.74, 6) is -0.401. The van der Waals surface area contributed by atoms with E-state index >= 15 is 0 Å². The van der Waals surface area contributed by atoms with E-state index in [1.165, 1.54) is 7.11 Å². The number of hydrogen-bond donors (Lipinski definition) is 2. The fraction of sp³-hybridized carbons (Fsp3) is 0.150. The lowest BCUT2D eigenvalue weighted by atomic mass is 10.1. The van der Waals surface area contributed by atoms with Crippen LogP contribution in [0.3, 0.4) is 0 Å². The van der Waals surface area contributed by atoms with E-state index in [2.05, 4.69) is 15.5 Å². The van der Waals surface area contributed by atoms with Gasteiger partial charge in [-0.15, -0.1) is 0 Å². The van der Waals surface area contributed by atoms with E-state index in [1.807, 2.05) is 30.3 Å². The summed E-state index contributed by atoms with van der Waals surface area (Å²) in [6, 6.07) is 14.6. The number of alkyl carbamates (subject to hydrolysis) is 1. The molecule has 138 valence electrons. The number of methoxy groups -OCH3 is 1. The number of fused-ring (bicyclic) bond motifs is 1. The van der Waals surface area contributed by atoms with Gasteiger partial charge in [0.1, 0.15) is 6.61 Å². The molecule has 0 spiro atoms. The van der Waals surface area contributed by atoms with Gasteiger partial charge >= 0.3 is 12.1 Å². The highest BCUT2D eigenvalue weighted by atomic mass is 16.5. The van der Waals surface area contributed by atoms with Crippen molar-refractivity contribution in [3.05, 3.63) is 71.4 Å². The van der Waals surface area contributed by atoms with Gasteiger partial charge in [-0.2, -0.15) is 5.10 Å². The van der Waals surface area contributed by atoms with Crippen molar-refractivity contribution in [1.82, 2.24) is 15.5 Å². The largest absolute Gasteiger partial charge is 0.465 e. The molecule has 27 heavy (non-hydrogen) atoms. The lowest BCUT2D eigenvalue weighted by molar-refractivity contribution is 0.0601. The van der Waals surface area contributed by atoms with Gasteiger partial charge in [-0.1, -0.05) is 36.4 Å². The second-order valence-corrected chi connectivity index (χ2v) is 5.71. The molecular formula is C20H19N3O4. The zero-order valence-corrected chi connectivity index (χ0v) is 14.8. The molecule has 0 aliphatic heterocycles. The first-order valence-corrected chi connectivity index (χ1v) is 8.35. The maximum Gasteiger partial charge on any atom is 0.407 e. The summed E-state index contributed by atoms with van der Waals surface area (Å²) in [5, 5.41) is 10.6. The summed E-state index contributed by atoms with van der Waals surface area (Å²) in [6.07, 6.45) is 3.07. The van der Waals surface area contributed by atoms with E-state index in [4.69, 9.17) is 9.47 Å². The third-order valence-corrected chi connectivity index (χ3v) is 3.87. The third-order valence-electron chi connectivity index (χ3n) is 3.87. The number of aromatic amines is 1. The van der Waals surface area contributed by atoms with E-state index in [9.17, 15) is 9.59 Å². The minimum absolute atomic E-state index is 0.225. The SMILES string of the molecule is COC(=O)c1ccc2c(C=CCNC(=O)OCc3ccccc3)n[nH]c2c1. The maximum atomic E-state index is 11.7. The van der Waals surface area contributed by atoms with Crippen molar-refractivity contribution in [2.45, 2.75) is 6.61 Å². The van der Waals surface area contributed by atoms with Gasteiger partial charge in [0.15, 0.2) is 0 Å². The quantitative estimate of drug-likeness (QED) is 0.654. The first-order chi connectivity index (χ1) is 13.2. The van der Waals surface area contributed by atoms with Gasteiger partial charge in [0.05, 0.1) is 23.9 Å². The molecule has 2 aromatic carbocycles. The molecule has 0 aliphatic carbocycles. The van der Waals surface area contributed by atoms with Crippen molar-refractivity contribution >= 4 is 29.0 Å². The van der Waals surface area contributed by atoms with Crippen LogP contribution in [0.4, 0.5) is 4.79 Å². The zero-order valence-electron chi connectivity index (χ0n) is 14.8. The number of aromatic nitrogens is 2. The molecule has 0 fully saturated rings. The van der Waals surface area contributed by atoms with Gasteiger partial charge in [0.25, 0.3) is 0 Å². The number of hydrogen-bond acceptors (Lipinski definition) is 5. The average Bonchev–Trinajstić information content (AvgIpc) is 3.12. The van der Waals surface area contributed by atoms with E-state index in [0.29, 0.717) is 17.8 Å². The predicted molar refractivity (Wildman–Crippen MR) is 101 cm³/mol. The Balaban J connectivity index is 1.52. The highest BCUT2D eigenvalue weighted by Gasteiger charge is 2.09. The van der Waals surface area contributed by atoms with Gasteiger partial charge < -0.3 is 14.8 Å². The lowest BCUT2D eigenvalue weighted by Gasteiger charge is -2.05. The summed E-state index contributed by atoms with van der Waals surface area (Å²) in [5.41, 5.74) is 2.82. The van der Waals surface area contributed by atoms with Crippen molar-refractivity contribution in [2.75, 3.05) is 13.7 Å². The Bertz CT molecular complexity index is 964. The summed E-state index contributed by atoms with van der Waals surface area (Å²) >= 11 is 0. The van der Waals surface area contributed by atoms with Crippen LogP contribution in [0.5, 0.6) is 0 Å². The molecule has 1 aromatic heterocycles. The number of nitrogens with one attached hydrogen (secondary N) is 2. The Morgan fingerprint density at radius 2 is 2.00 bits per heavy atom. The Kier molecular flexibility index (Phi) is 5.84. The molecule has 3 aromatic rings. The molecule has 0 aliphatic rings. The molecule has 2 N–H and O–H groups in total. The molecule has 0 saturated heterocycles. The molecule has 0 radical (unpaired) electrons. The van der Waals surface area contributed by atoms with Crippen LogP contribution >= 0.6 is 0 Å². The monoisotopic (exact) mass is 365 g/mol. The topological polar surface area (TPSA) is 93.3 Å². The molecule has 7 nitrogen and oxygen atoms in total. The smallest absolute Gasteiger partial charge is 0.407 e. The highest BCUT2D eigenvalue weighted by molar-refractivity contribution is 5.96. The first kappa shape index (κ1) is 18.2. The molecule has 7 heteroatoms. The van der Waals surface area contributed by atoms with Crippen molar-refractivity contribution in [3.63, 3.8) is 0 Å². The van der Waals surface area contributed by atoms with Crippen molar-refractivity contribution in [3.8, 4) is 0 Å². The van der Waals surface area contributed by atoms with Gasteiger partial charge in [0, 0.05) is 11.9 Å². The molecule has 0 saturated carbocycles. The van der Waals surface area contributed by atoms with Crippen LogP contribution in [0.2, 0.25) is 0 Å². The number of carbonyl (C=O) groups is 2. The van der Waals surface area contributed by atoms with E-state index in [0.717, 1.165) is 16.5 Å². The Hall–Kier alpha value is -3.61. The molecule has 0 bridgehead atoms. The Morgan fingerprint density at radius 1 is 1.19 bits per heavy atom. The van der Waals surface area contributed by atoms with E-state index < -0.39 is 12.1 Å². The van der Waals surface area contributed by atoms with Gasteiger partial charge in [-0.25, -0.2) is 9.59 Å². The van der Waals surface area contributed by atoms with Crippen molar-refractivity contribution in [2.24, 2.45) is 0 Å². The second kappa shape index (κ2) is 8.66. The van der Waals surface area contributed by atoms with Gasteiger partial charge in [0.2, 0.25) is 0 Å². The number of nitrogens with zero attached hydrogens (tertiary/aromatic N) is 1. The Morgan fingerprint density at radius 3 is 2.78 bits per heavy atom. The van der Waals surface area contributed by atoms with Crippen LogP contribution in [0.15, 0.2) is 54.6 Å². The zero-order chi connectivity index (χ0) is 19.1. The second-order valence-electron chi connectivity index (χ2n) is 5.71. The first-order valence-electron chi connectivity index (χ1n) is 8.35. The number of H-pyrrole nitrogens is 1. The number of esters is 1. The summed E-state index contributed by atoms with van der Waals surface area (Å²) in [6.45, 7) is 0.533. The van der Waals surface area contributed by atoms with Gasteiger partial charge in [-0.3, -0.25) is 5.10 Å². The van der Waals surface area contributed by atoms with Crippen LogP contribution in [-0.2, 0) is 16.1 Å². The Labute approximate surface area is 156 Å². The molecule has 0 atom stereocenters. The number of amides is 1. The average molecular weight is 365 g/mol. The summed E-state index contributed by atoms with van der Waals surface area (Å²) in [4.78, 5) is 23.2. The van der Waals surface area contributed by atoms with Crippen molar-refractivity contribution in [1.29, 1.82) is 0 Å². The normalized spacial score (nSPS) is 10.9. The van der Waals surface area contributed by atoms with Gasteiger partial charge in [-0.05, 0) is 29.8 Å². The third kappa shape index (κ3) is 4.72. The molecule has 3 rings (SSSR count). The predicted octanol–water partition coefficient (Wildman–Crippen LogP) is 3.29.